The van der Waals surface area contributed by atoms with E-state index in [0.29, 0.717) is 10.9 Å². The fraction of sp³-hybridized carbons (Fsp3) is 0.0588. The highest BCUT2D eigenvalue weighted by Gasteiger charge is 2.41. The normalized spacial score (nSPS) is 18.3. The Bertz CT molecular complexity index is 1180. The third-order valence-corrected chi connectivity index (χ3v) is 6.36. The van der Waals surface area contributed by atoms with Crippen LogP contribution in [0.5, 0.6) is 0 Å². The number of fused-ring (bicyclic) bond motifs is 1. The third-order valence-electron chi connectivity index (χ3n) is 3.68. The van der Waals surface area contributed by atoms with Crippen molar-refractivity contribution in [3.8, 4) is 0 Å². The number of hydrogen-bond donors (Lipinski definition) is 1. The highest BCUT2D eigenvalue weighted by atomic mass is 32.2. The van der Waals surface area contributed by atoms with Crippen LogP contribution in [0.3, 0.4) is 0 Å². The number of benzene rings is 1. The quantitative estimate of drug-likeness (QED) is 0.585. The number of furan rings is 1. The second kappa shape index (κ2) is 7.08. The Kier molecular flexibility index (Phi) is 4.73. The summed E-state index contributed by atoms with van der Waals surface area (Å²) in [5, 5.41) is 8.65. The minimum Gasteiger partial charge on any atom is -0.450 e. The molecule has 11 heteroatoms. The average Bonchev–Trinajstić information content (AvgIpc) is 3.26. The minimum absolute atomic E-state index is 0.0485. The van der Waals surface area contributed by atoms with Crippen LogP contribution in [0, 0.1) is 5.41 Å². The van der Waals surface area contributed by atoms with E-state index >= 15 is 0 Å². The number of aliphatic imine (C=N–C) groups is 1. The molecule has 3 heterocycles. The van der Waals surface area contributed by atoms with Gasteiger partial charge in [-0.2, -0.15) is 9.39 Å². The molecule has 0 aliphatic carbocycles. The molecule has 2 aliphatic heterocycles. The Morgan fingerprint density at radius 2 is 1.96 bits per heavy atom. The van der Waals surface area contributed by atoms with E-state index in [1.165, 1.54) is 17.8 Å². The minimum atomic E-state index is -3.68. The van der Waals surface area contributed by atoms with Crippen LogP contribution in [0.2, 0.25) is 0 Å². The number of carbonyl (C=O) groups is 1. The average molecular weight is 433 g/mol. The van der Waals surface area contributed by atoms with Crippen molar-refractivity contribution in [3.63, 3.8) is 0 Å². The summed E-state index contributed by atoms with van der Waals surface area (Å²) in [7, 11) is -3.68. The largest absolute Gasteiger partial charge is 0.450 e. The van der Waals surface area contributed by atoms with Crippen molar-refractivity contribution in [1.29, 1.82) is 5.41 Å². The van der Waals surface area contributed by atoms with E-state index in [4.69, 9.17) is 9.83 Å². The number of nitrogens with one attached hydrogen (secondary N) is 1. The van der Waals surface area contributed by atoms with Gasteiger partial charge >= 0.3 is 0 Å². The van der Waals surface area contributed by atoms with Gasteiger partial charge in [0, 0.05) is 11.2 Å². The van der Waals surface area contributed by atoms with Gasteiger partial charge in [0.1, 0.15) is 11.6 Å². The third kappa shape index (κ3) is 3.55. The molecule has 0 spiro atoms. The maximum absolute atomic E-state index is 12.3. The molecular formula is C17H12N4O4S3. The van der Waals surface area contributed by atoms with E-state index < -0.39 is 15.7 Å². The Labute approximate surface area is 169 Å². The molecule has 2 aliphatic rings. The first-order chi connectivity index (χ1) is 13.3. The lowest BCUT2D eigenvalue weighted by Crippen LogP contribution is -2.45. The molecule has 0 atom stereocenters. The fourth-order valence-corrected chi connectivity index (χ4v) is 5.10. The lowest BCUT2D eigenvalue weighted by molar-refractivity contribution is -0.114. The van der Waals surface area contributed by atoms with Gasteiger partial charge in [-0.1, -0.05) is 30.0 Å². The summed E-state index contributed by atoms with van der Waals surface area (Å²) in [6, 6.07) is 13.1. The first-order valence-corrected chi connectivity index (χ1v) is 11.3. The number of rotatable bonds is 3. The highest BCUT2D eigenvalue weighted by Crippen LogP contribution is 2.32. The van der Waals surface area contributed by atoms with Crippen LogP contribution in [-0.4, -0.2) is 41.7 Å². The number of amidine groups is 3. The summed E-state index contributed by atoms with van der Waals surface area (Å²) < 4.78 is 33.3. The first-order valence-electron chi connectivity index (χ1n) is 7.84. The molecule has 4 rings (SSSR count). The number of amides is 1. The maximum atomic E-state index is 12.3. The summed E-state index contributed by atoms with van der Waals surface area (Å²) in [5.74, 6) is -0.602. The topological polar surface area (TPSA) is 116 Å². The molecule has 1 N–H and O–H groups in total. The predicted octanol–water partition coefficient (Wildman–Crippen LogP) is 3.05. The van der Waals surface area contributed by atoms with Crippen LogP contribution >= 0.6 is 23.7 Å². The highest BCUT2D eigenvalue weighted by molar-refractivity contribution is 8.16. The Morgan fingerprint density at radius 1 is 1.21 bits per heavy atom. The maximum Gasteiger partial charge on any atom is 0.283 e. The van der Waals surface area contributed by atoms with E-state index in [9.17, 15) is 13.2 Å². The second-order valence-corrected chi connectivity index (χ2v) is 9.47. The number of hydrogen-bond acceptors (Lipinski definition) is 8. The van der Waals surface area contributed by atoms with E-state index in [1.54, 1.807) is 12.1 Å². The summed E-state index contributed by atoms with van der Waals surface area (Å²) in [6.45, 7) is 0. The van der Waals surface area contributed by atoms with Crippen molar-refractivity contribution < 1.29 is 17.6 Å². The van der Waals surface area contributed by atoms with Gasteiger partial charge in [0.05, 0.1) is 17.5 Å². The molecule has 0 bridgehead atoms. The molecule has 0 saturated heterocycles. The standard InChI is InChI=1S/C17H12N4O4S3/c1-28(23,24)17-20-27-16-19-15(22)12(14(18)21(16)17)9-10-7-8-13(25-10)26-11-5-3-2-4-6-11/h2-9,18H,1H3/b12-9-,18-14?. The van der Waals surface area contributed by atoms with Gasteiger partial charge in [0.25, 0.3) is 5.91 Å². The zero-order chi connectivity index (χ0) is 19.9. The van der Waals surface area contributed by atoms with Gasteiger partial charge in [-0.25, -0.2) is 13.3 Å². The Hall–Kier alpha value is -2.63. The lowest BCUT2D eigenvalue weighted by atomic mass is 10.1. The monoisotopic (exact) mass is 432 g/mol. The van der Waals surface area contributed by atoms with Crippen LogP contribution < -0.4 is 0 Å². The van der Waals surface area contributed by atoms with Gasteiger partial charge in [0.15, 0.2) is 5.09 Å². The van der Waals surface area contributed by atoms with Crippen LogP contribution in [0.15, 0.2) is 71.8 Å². The molecule has 0 unspecified atom stereocenters. The molecule has 8 nitrogen and oxygen atoms in total. The number of carbonyl (C=O) groups excluding carboxylic acids is 1. The SMILES string of the molecule is CS(=O)(=O)C1=NSC2=NC(=O)/C(=C\c3ccc(Sc4ccccc4)o3)C(=N)N21. The van der Waals surface area contributed by atoms with Crippen LogP contribution in [0.1, 0.15) is 5.76 Å². The molecule has 2 aromatic rings. The van der Waals surface area contributed by atoms with Gasteiger partial charge in [-0.05, 0) is 30.3 Å². The first kappa shape index (κ1) is 18.7. The molecular weight excluding hydrogens is 420 g/mol. The van der Waals surface area contributed by atoms with Crippen molar-refractivity contribution >= 4 is 61.7 Å². The zero-order valence-corrected chi connectivity index (χ0v) is 16.8. The van der Waals surface area contributed by atoms with Crippen molar-refractivity contribution in [2.45, 2.75) is 9.99 Å². The van der Waals surface area contributed by atoms with Crippen molar-refractivity contribution in [2.75, 3.05) is 6.26 Å². The van der Waals surface area contributed by atoms with Gasteiger partial charge in [0.2, 0.25) is 20.2 Å². The van der Waals surface area contributed by atoms with Crippen molar-refractivity contribution in [2.24, 2.45) is 9.39 Å². The van der Waals surface area contributed by atoms with Crippen LogP contribution in [0.25, 0.3) is 6.08 Å². The van der Waals surface area contributed by atoms with Crippen LogP contribution in [-0.2, 0) is 14.6 Å². The smallest absolute Gasteiger partial charge is 0.283 e. The molecule has 0 fully saturated rings. The van der Waals surface area contributed by atoms with Gasteiger partial charge < -0.3 is 4.42 Å². The fourth-order valence-electron chi connectivity index (χ4n) is 2.45. The lowest BCUT2D eigenvalue weighted by Gasteiger charge is -2.23. The molecule has 1 amide bonds. The predicted molar refractivity (Wildman–Crippen MR) is 109 cm³/mol. The van der Waals surface area contributed by atoms with Crippen molar-refractivity contribution in [1.82, 2.24) is 4.90 Å². The van der Waals surface area contributed by atoms with E-state index in [0.717, 1.165) is 28.0 Å². The Balaban J connectivity index is 1.63. The van der Waals surface area contributed by atoms with Gasteiger partial charge in [-0.3, -0.25) is 10.2 Å². The second-order valence-electron chi connectivity index (χ2n) is 5.75. The summed E-state index contributed by atoms with van der Waals surface area (Å²) >= 11 is 2.17. The van der Waals surface area contributed by atoms with Crippen molar-refractivity contribution in [3.05, 3.63) is 53.8 Å². The van der Waals surface area contributed by atoms with E-state index in [1.807, 2.05) is 30.3 Å². The molecule has 1 aromatic heterocycles. The van der Waals surface area contributed by atoms with Gasteiger partial charge in [-0.15, -0.1) is 0 Å². The Morgan fingerprint density at radius 3 is 2.68 bits per heavy atom. The van der Waals surface area contributed by atoms with E-state index in [2.05, 4.69) is 9.39 Å². The molecule has 0 saturated carbocycles. The van der Waals surface area contributed by atoms with Crippen LogP contribution in [0.4, 0.5) is 0 Å². The summed E-state index contributed by atoms with van der Waals surface area (Å²) in [5.41, 5.74) is -0.0757. The number of nitrogens with zero attached hydrogens (tertiary/aromatic N) is 3. The molecule has 142 valence electrons. The zero-order valence-electron chi connectivity index (χ0n) is 14.3. The molecule has 28 heavy (non-hydrogen) atoms. The summed E-state index contributed by atoms with van der Waals surface area (Å²) in [4.78, 5) is 18.2. The molecule has 0 radical (unpaired) electrons. The molecule has 1 aromatic carbocycles. The van der Waals surface area contributed by atoms with E-state index in [-0.39, 0.29) is 21.7 Å². The summed E-state index contributed by atoms with van der Waals surface area (Å²) in [6.07, 6.45) is 2.37. The number of sulfone groups is 1.